The maximum absolute atomic E-state index is 11.5. The van der Waals surface area contributed by atoms with Crippen molar-refractivity contribution >= 4 is 5.91 Å². The molecule has 1 amide bonds. The van der Waals surface area contributed by atoms with E-state index in [-0.39, 0.29) is 6.42 Å². The maximum Gasteiger partial charge on any atom is 0.252 e. The highest BCUT2D eigenvalue weighted by atomic mass is 16.4. The predicted molar refractivity (Wildman–Crippen MR) is 95.7 cm³/mol. The lowest BCUT2D eigenvalue weighted by Gasteiger charge is -2.34. The van der Waals surface area contributed by atoms with Crippen molar-refractivity contribution in [2.45, 2.75) is 101 Å². The van der Waals surface area contributed by atoms with Gasteiger partial charge in [-0.2, -0.15) is 0 Å². The second kappa shape index (κ2) is 13.5. The molecule has 7 heteroatoms. The van der Waals surface area contributed by atoms with Gasteiger partial charge < -0.3 is 31.3 Å². The Morgan fingerprint density at radius 1 is 0.920 bits per heavy atom. The van der Waals surface area contributed by atoms with E-state index in [1.54, 1.807) is 0 Å². The van der Waals surface area contributed by atoms with Crippen molar-refractivity contribution in [2.75, 3.05) is 6.61 Å². The smallest absolute Gasteiger partial charge is 0.252 e. The Balaban J connectivity index is 4.13. The lowest BCUT2D eigenvalue weighted by atomic mass is 9.85. The normalized spacial score (nSPS) is 17.7. The number of unbranched alkanes of at least 4 members (excludes halogenated alkanes) is 9. The van der Waals surface area contributed by atoms with Gasteiger partial charge in [-0.25, -0.2) is 0 Å². The van der Waals surface area contributed by atoms with Crippen LogP contribution in [0, 0.1) is 0 Å². The van der Waals surface area contributed by atoms with Crippen LogP contribution in [-0.2, 0) is 4.79 Å². The Morgan fingerprint density at radius 2 is 1.36 bits per heavy atom. The molecule has 0 aromatic heterocycles. The van der Waals surface area contributed by atoms with Crippen LogP contribution in [0.1, 0.15) is 77.6 Å². The number of amides is 1. The number of carbonyl (C=O) groups is 1. The Hall–Kier alpha value is -0.730. The van der Waals surface area contributed by atoms with Gasteiger partial charge in [0.2, 0.25) is 0 Å². The zero-order valence-electron chi connectivity index (χ0n) is 15.4. The fourth-order valence-corrected chi connectivity index (χ4v) is 2.90. The SMILES string of the molecule is CCCCCCCCCCCC[C@](O)(C(N)=O)[C@@H](O)[C@H](O)[C@H](O)CO. The molecule has 4 atom stereocenters. The van der Waals surface area contributed by atoms with Crippen molar-refractivity contribution in [3.8, 4) is 0 Å². The highest BCUT2D eigenvalue weighted by Gasteiger charge is 2.46. The van der Waals surface area contributed by atoms with E-state index in [1.165, 1.54) is 32.1 Å². The molecule has 0 unspecified atom stereocenters. The molecule has 0 fully saturated rings. The average Bonchev–Trinajstić information content (AvgIpc) is 2.60. The fraction of sp³-hybridized carbons (Fsp3) is 0.944. The average molecular weight is 363 g/mol. The lowest BCUT2D eigenvalue weighted by molar-refractivity contribution is -0.175. The molecule has 0 aromatic rings. The van der Waals surface area contributed by atoms with Gasteiger partial charge in [-0.15, -0.1) is 0 Å². The van der Waals surface area contributed by atoms with Gasteiger partial charge >= 0.3 is 0 Å². The second-order valence-electron chi connectivity index (χ2n) is 6.91. The van der Waals surface area contributed by atoms with E-state index >= 15 is 0 Å². The van der Waals surface area contributed by atoms with E-state index in [4.69, 9.17) is 10.8 Å². The molecule has 0 aliphatic carbocycles. The number of hydrogen-bond donors (Lipinski definition) is 6. The van der Waals surface area contributed by atoms with Crippen molar-refractivity contribution in [3.05, 3.63) is 0 Å². The van der Waals surface area contributed by atoms with E-state index in [9.17, 15) is 25.2 Å². The molecule has 0 heterocycles. The van der Waals surface area contributed by atoms with Crippen molar-refractivity contribution in [1.82, 2.24) is 0 Å². The van der Waals surface area contributed by atoms with Crippen LogP contribution in [-0.4, -0.2) is 62.0 Å². The first kappa shape index (κ1) is 24.3. The van der Waals surface area contributed by atoms with Gasteiger partial charge in [0.25, 0.3) is 5.91 Å². The Labute approximate surface area is 150 Å². The van der Waals surface area contributed by atoms with Gasteiger partial charge in [0, 0.05) is 0 Å². The highest BCUT2D eigenvalue weighted by Crippen LogP contribution is 2.23. The Kier molecular flexibility index (Phi) is 13.1. The molecule has 7 nitrogen and oxygen atoms in total. The first-order valence-electron chi connectivity index (χ1n) is 9.48. The molecule has 0 saturated heterocycles. The standard InChI is InChI=1S/C18H37NO6/c1-2-3-4-5-6-7-8-9-10-11-12-18(25,17(19)24)16(23)15(22)14(21)13-20/h14-16,20-23,25H,2-13H2,1H3,(H2,19,24)/t14-,15-,16+,18-/m1/s1. The number of carbonyl (C=O) groups excluding carboxylic acids is 1. The summed E-state index contributed by atoms with van der Waals surface area (Å²) in [5.74, 6) is -1.15. The summed E-state index contributed by atoms with van der Waals surface area (Å²) < 4.78 is 0. The predicted octanol–water partition coefficient (Wildman–Crippen LogP) is 0.589. The number of aliphatic hydroxyl groups is 5. The van der Waals surface area contributed by atoms with E-state index in [1.807, 2.05) is 0 Å². The summed E-state index contributed by atoms with van der Waals surface area (Å²) in [4.78, 5) is 11.5. The van der Waals surface area contributed by atoms with Crippen LogP contribution < -0.4 is 5.73 Å². The summed E-state index contributed by atoms with van der Waals surface area (Å²) in [6, 6.07) is 0. The Bertz CT molecular complexity index is 354. The van der Waals surface area contributed by atoms with Gasteiger partial charge in [0.1, 0.15) is 18.3 Å². The molecule has 0 aromatic carbocycles. The molecular formula is C18H37NO6. The van der Waals surface area contributed by atoms with Crippen LogP contribution in [0.2, 0.25) is 0 Å². The number of rotatable bonds is 16. The van der Waals surface area contributed by atoms with Gasteiger partial charge in [-0.3, -0.25) is 4.79 Å². The van der Waals surface area contributed by atoms with Gasteiger partial charge in [-0.1, -0.05) is 64.7 Å². The van der Waals surface area contributed by atoms with Crippen LogP contribution in [0.3, 0.4) is 0 Å². The number of nitrogens with two attached hydrogens (primary N) is 1. The van der Waals surface area contributed by atoms with Crippen molar-refractivity contribution in [3.63, 3.8) is 0 Å². The van der Waals surface area contributed by atoms with Crippen LogP contribution in [0.5, 0.6) is 0 Å². The van der Waals surface area contributed by atoms with E-state index < -0.39 is 36.4 Å². The minimum atomic E-state index is -2.32. The Morgan fingerprint density at radius 3 is 1.76 bits per heavy atom. The quantitative estimate of drug-likeness (QED) is 0.221. The van der Waals surface area contributed by atoms with Gasteiger partial charge in [0.05, 0.1) is 6.61 Å². The monoisotopic (exact) mass is 363 g/mol. The van der Waals surface area contributed by atoms with E-state index in [0.717, 1.165) is 25.7 Å². The van der Waals surface area contributed by atoms with Crippen molar-refractivity contribution < 1.29 is 30.3 Å². The zero-order valence-corrected chi connectivity index (χ0v) is 15.4. The molecule has 0 aliphatic heterocycles. The van der Waals surface area contributed by atoms with Gasteiger partial charge in [-0.05, 0) is 12.8 Å². The summed E-state index contributed by atoms with van der Waals surface area (Å²) in [6.07, 6.45) is 5.14. The third-order valence-corrected chi connectivity index (χ3v) is 4.73. The second-order valence-corrected chi connectivity index (χ2v) is 6.91. The third-order valence-electron chi connectivity index (χ3n) is 4.73. The van der Waals surface area contributed by atoms with Crippen LogP contribution in [0.4, 0.5) is 0 Å². The maximum atomic E-state index is 11.5. The fourth-order valence-electron chi connectivity index (χ4n) is 2.90. The van der Waals surface area contributed by atoms with Crippen LogP contribution in [0.15, 0.2) is 0 Å². The minimum Gasteiger partial charge on any atom is -0.394 e. The molecule has 0 aliphatic rings. The van der Waals surface area contributed by atoms with Crippen molar-refractivity contribution in [1.29, 1.82) is 0 Å². The summed E-state index contributed by atoms with van der Waals surface area (Å²) in [5, 5.41) is 48.2. The zero-order chi connectivity index (χ0) is 19.3. The molecule has 7 N–H and O–H groups in total. The van der Waals surface area contributed by atoms with E-state index in [2.05, 4.69) is 6.92 Å². The summed E-state index contributed by atoms with van der Waals surface area (Å²) >= 11 is 0. The largest absolute Gasteiger partial charge is 0.394 e. The first-order chi connectivity index (χ1) is 11.8. The third kappa shape index (κ3) is 8.96. The topological polar surface area (TPSA) is 144 Å². The molecule has 0 rings (SSSR count). The highest BCUT2D eigenvalue weighted by molar-refractivity contribution is 5.84. The molecular weight excluding hydrogens is 326 g/mol. The molecule has 150 valence electrons. The number of aliphatic hydroxyl groups excluding tert-OH is 4. The summed E-state index contributed by atoms with van der Waals surface area (Å²) in [5.41, 5.74) is 2.84. The molecule has 0 radical (unpaired) electrons. The number of hydrogen-bond acceptors (Lipinski definition) is 6. The van der Waals surface area contributed by atoms with E-state index in [0.29, 0.717) is 6.42 Å². The lowest BCUT2D eigenvalue weighted by Crippen LogP contribution is -2.60. The van der Waals surface area contributed by atoms with Gasteiger partial charge in [0.15, 0.2) is 5.60 Å². The molecule has 25 heavy (non-hydrogen) atoms. The molecule has 0 spiro atoms. The molecule has 0 saturated carbocycles. The molecule has 0 bridgehead atoms. The summed E-state index contributed by atoms with van der Waals surface area (Å²) in [7, 11) is 0. The first-order valence-corrected chi connectivity index (χ1v) is 9.48. The van der Waals surface area contributed by atoms with Crippen LogP contribution in [0.25, 0.3) is 0 Å². The van der Waals surface area contributed by atoms with Crippen molar-refractivity contribution in [2.24, 2.45) is 5.73 Å². The van der Waals surface area contributed by atoms with Crippen LogP contribution >= 0.6 is 0 Å². The number of primary amides is 1. The summed E-state index contributed by atoms with van der Waals surface area (Å²) in [6.45, 7) is 1.39. The minimum absolute atomic E-state index is 0.102.